The number of nitrogens with one attached hydrogen (secondary N) is 1. The van der Waals surface area contributed by atoms with Crippen LogP contribution in [0.4, 0.5) is 11.6 Å². The van der Waals surface area contributed by atoms with Gasteiger partial charge in [-0.05, 0) is 35.4 Å². The average molecular weight is 548 g/mol. The van der Waals surface area contributed by atoms with E-state index in [4.69, 9.17) is 23.2 Å². The molecule has 0 fully saturated rings. The summed E-state index contributed by atoms with van der Waals surface area (Å²) < 4.78 is 3.07. The summed E-state index contributed by atoms with van der Waals surface area (Å²) in [6, 6.07) is 11.1. The summed E-state index contributed by atoms with van der Waals surface area (Å²) in [4.78, 5) is 41.0. The first-order valence-electron chi connectivity index (χ1n) is 12.0. The molecule has 0 aliphatic carbocycles. The molecule has 0 spiro atoms. The predicted molar refractivity (Wildman–Crippen MR) is 148 cm³/mol. The third kappa shape index (κ3) is 3.90. The Morgan fingerprint density at radius 3 is 2.61 bits per heavy atom. The Balaban J connectivity index is 1.44. The lowest BCUT2D eigenvalue weighted by molar-refractivity contribution is -0.130. The van der Waals surface area contributed by atoms with Crippen molar-refractivity contribution < 1.29 is 4.79 Å². The second-order valence-corrected chi connectivity index (χ2v) is 10.8. The first kappa shape index (κ1) is 24.4. The zero-order valence-corrected chi connectivity index (χ0v) is 22.4. The summed E-state index contributed by atoms with van der Waals surface area (Å²) in [7, 11) is 0. The molecule has 1 aliphatic rings. The van der Waals surface area contributed by atoms with E-state index < -0.39 is 0 Å². The summed E-state index contributed by atoms with van der Waals surface area (Å²) in [6.07, 6.45) is 4.77. The largest absolute Gasteiger partial charge is 0.338 e. The molecule has 0 atom stereocenters. The molecule has 11 heteroatoms. The van der Waals surface area contributed by atoms with Gasteiger partial charge in [-0.3, -0.25) is 14.0 Å². The fraction of sp³-hybridized carbons (Fsp3) is 0.222. The molecule has 2 aromatic carbocycles. The molecule has 192 valence electrons. The van der Waals surface area contributed by atoms with E-state index in [1.165, 1.54) is 16.3 Å². The number of rotatable bonds is 3. The quantitative estimate of drug-likeness (QED) is 0.336. The van der Waals surface area contributed by atoms with E-state index >= 15 is 0 Å². The Morgan fingerprint density at radius 2 is 1.87 bits per heavy atom. The molecule has 1 aliphatic heterocycles. The maximum atomic E-state index is 13.6. The number of para-hydroxylation sites is 1. The molecule has 0 unspecified atom stereocenters. The standard InChI is InChI=1S/C27H23Cl2N7O2/c1-15(37)34-13-16-11-17(7-8-19(16)27(2,3)14-34)32-25-31-12-18-23(33-25)35-10-9-30-26(35)36(24(18)38)22-20(28)5-4-6-21(22)29/h4-12H,13-14H2,1-3H3,(H,31,32,33). The lowest BCUT2D eigenvalue weighted by Gasteiger charge is -2.39. The third-order valence-corrected chi connectivity index (χ3v) is 7.51. The zero-order chi connectivity index (χ0) is 26.8. The van der Waals surface area contributed by atoms with Gasteiger partial charge in [0.1, 0.15) is 5.39 Å². The number of nitrogens with zero attached hydrogens (tertiary/aromatic N) is 6. The van der Waals surface area contributed by atoms with Crippen molar-refractivity contribution in [2.24, 2.45) is 0 Å². The third-order valence-electron chi connectivity index (χ3n) is 6.90. The SMILES string of the molecule is CC(=O)N1Cc2cc(Nc3ncc4c(=O)n(-c5c(Cl)cccc5Cl)c5nccn5c4n3)ccc2C(C)(C)C1. The molecule has 0 bridgehead atoms. The van der Waals surface area contributed by atoms with Crippen LogP contribution in [-0.2, 0) is 16.8 Å². The van der Waals surface area contributed by atoms with Crippen LogP contribution < -0.4 is 10.9 Å². The van der Waals surface area contributed by atoms with Crippen LogP contribution in [0, 0.1) is 0 Å². The van der Waals surface area contributed by atoms with Crippen LogP contribution in [-0.4, -0.2) is 41.3 Å². The van der Waals surface area contributed by atoms with Crippen LogP contribution in [0.1, 0.15) is 31.9 Å². The van der Waals surface area contributed by atoms with Gasteiger partial charge in [-0.25, -0.2) is 14.5 Å². The van der Waals surface area contributed by atoms with E-state index in [1.807, 2.05) is 17.0 Å². The number of amides is 1. The molecule has 4 heterocycles. The summed E-state index contributed by atoms with van der Waals surface area (Å²) >= 11 is 12.8. The highest BCUT2D eigenvalue weighted by molar-refractivity contribution is 6.37. The van der Waals surface area contributed by atoms with Gasteiger partial charge in [0, 0.05) is 49.7 Å². The van der Waals surface area contributed by atoms with Crippen LogP contribution in [0.3, 0.4) is 0 Å². The number of aromatic nitrogens is 5. The molecule has 0 radical (unpaired) electrons. The molecule has 6 rings (SSSR count). The Labute approximate surface area is 227 Å². The molecular formula is C27H23Cl2N7O2. The monoisotopic (exact) mass is 547 g/mol. The number of benzene rings is 2. The number of halogens is 2. The van der Waals surface area contributed by atoms with Gasteiger partial charge in [-0.1, -0.05) is 49.2 Å². The summed E-state index contributed by atoms with van der Waals surface area (Å²) in [5, 5.41) is 4.17. The van der Waals surface area contributed by atoms with Crippen molar-refractivity contribution in [3.8, 4) is 5.69 Å². The maximum Gasteiger partial charge on any atom is 0.270 e. The fourth-order valence-electron chi connectivity index (χ4n) is 5.15. The Hall–Kier alpha value is -3.95. The number of carbonyl (C=O) groups excluding carboxylic acids is 1. The second-order valence-electron chi connectivity index (χ2n) is 9.99. The van der Waals surface area contributed by atoms with Crippen LogP contribution in [0.25, 0.3) is 22.5 Å². The lowest BCUT2D eigenvalue weighted by Crippen LogP contribution is -2.44. The second kappa shape index (κ2) is 8.82. The van der Waals surface area contributed by atoms with Crippen LogP contribution in [0.2, 0.25) is 10.0 Å². The fourth-order valence-corrected chi connectivity index (χ4v) is 5.71. The molecular weight excluding hydrogens is 525 g/mol. The van der Waals surface area contributed by atoms with E-state index in [0.717, 1.165) is 11.3 Å². The molecule has 1 amide bonds. The van der Waals surface area contributed by atoms with Gasteiger partial charge in [-0.2, -0.15) is 4.98 Å². The minimum Gasteiger partial charge on any atom is -0.338 e. The van der Waals surface area contributed by atoms with Crippen molar-refractivity contribution in [1.29, 1.82) is 0 Å². The van der Waals surface area contributed by atoms with Crippen molar-refractivity contribution in [2.45, 2.75) is 32.7 Å². The Bertz CT molecular complexity index is 1810. The predicted octanol–water partition coefficient (Wildman–Crippen LogP) is 5.12. The first-order valence-corrected chi connectivity index (χ1v) is 12.7. The normalized spacial score (nSPS) is 14.6. The number of hydrogen-bond donors (Lipinski definition) is 1. The highest BCUT2D eigenvalue weighted by Crippen LogP contribution is 2.35. The van der Waals surface area contributed by atoms with Crippen molar-refractivity contribution in [3.05, 3.63) is 86.5 Å². The molecule has 0 saturated carbocycles. The molecule has 0 saturated heterocycles. The van der Waals surface area contributed by atoms with Crippen molar-refractivity contribution in [3.63, 3.8) is 0 Å². The molecule has 3 aromatic heterocycles. The first-order chi connectivity index (χ1) is 18.1. The van der Waals surface area contributed by atoms with Crippen LogP contribution in [0.15, 0.2) is 59.8 Å². The van der Waals surface area contributed by atoms with Gasteiger partial charge >= 0.3 is 0 Å². The van der Waals surface area contributed by atoms with Crippen LogP contribution >= 0.6 is 23.2 Å². The summed E-state index contributed by atoms with van der Waals surface area (Å²) in [5.74, 6) is 0.689. The van der Waals surface area contributed by atoms with E-state index in [1.54, 1.807) is 41.9 Å². The van der Waals surface area contributed by atoms with E-state index in [2.05, 4.69) is 40.2 Å². The Morgan fingerprint density at radius 1 is 1.11 bits per heavy atom. The number of carbonyl (C=O) groups is 1. The number of imidazole rings is 1. The van der Waals surface area contributed by atoms with Gasteiger partial charge in [0.2, 0.25) is 17.6 Å². The molecule has 1 N–H and O–H groups in total. The van der Waals surface area contributed by atoms with Gasteiger partial charge in [-0.15, -0.1) is 0 Å². The smallest absolute Gasteiger partial charge is 0.270 e. The van der Waals surface area contributed by atoms with Crippen molar-refractivity contribution >= 4 is 57.6 Å². The molecule has 9 nitrogen and oxygen atoms in total. The minimum absolute atomic E-state index is 0.0491. The van der Waals surface area contributed by atoms with E-state index in [-0.39, 0.29) is 22.3 Å². The van der Waals surface area contributed by atoms with E-state index in [0.29, 0.717) is 46.2 Å². The van der Waals surface area contributed by atoms with Crippen molar-refractivity contribution in [1.82, 2.24) is 28.8 Å². The van der Waals surface area contributed by atoms with Gasteiger partial charge in [0.25, 0.3) is 5.56 Å². The van der Waals surface area contributed by atoms with Crippen molar-refractivity contribution in [2.75, 3.05) is 11.9 Å². The number of hydrogen-bond acceptors (Lipinski definition) is 6. The molecule has 5 aromatic rings. The summed E-state index contributed by atoms with van der Waals surface area (Å²) in [5.41, 5.74) is 3.24. The van der Waals surface area contributed by atoms with Gasteiger partial charge in [0.15, 0.2) is 5.65 Å². The summed E-state index contributed by atoms with van der Waals surface area (Å²) in [6.45, 7) is 7.09. The van der Waals surface area contributed by atoms with Crippen LogP contribution in [0.5, 0.6) is 0 Å². The maximum absolute atomic E-state index is 13.6. The molecule has 38 heavy (non-hydrogen) atoms. The number of fused-ring (bicyclic) bond motifs is 4. The highest BCUT2D eigenvalue weighted by Gasteiger charge is 2.32. The van der Waals surface area contributed by atoms with Gasteiger partial charge < -0.3 is 10.2 Å². The minimum atomic E-state index is -0.388. The van der Waals surface area contributed by atoms with E-state index in [9.17, 15) is 9.59 Å². The lowest BCUT2D eigenvalue weighted by atomic mass is 9.78. The zero-order valence-electron chi connectivity index (χ0n) is 20.9. The van der Waals surface area contributed by atoms with Gasteiger partial charge in [0.05, 0.1) is 15.7 Å². The number of anilines is 2. The highest BCUT2D eigenvalue weighted by atomic mass is 35.5. The average Bonchev–Trinajstić information content (AvgIpc) is 3.35. The topological polar surface area (TPSA) is 97.4 Å². The Kier molecular flexibility index (Phi) is 5.66.